The lowest BCUT2D eigenvalue weighted by Crippen LogP contribution is -2.12. The number of amides is 1. The van der Waals surface area contributed by atoms with Crippen LogP contribution < -0.4 is 5.32 Å². The predicted octanol–water partition coefficient (Wildman–Crippen LogP) is 4.15. The van der Waals surface area contributed by atoms with E-state index in [4.69, 9.17) is 4.42 Å². The fourth-order valence-electron chi connectivity index (χ4n) is 1.96. The monoisotopic (exact) mass is 330 g/mol. The topological polar surface area (TPSA) is 55.1 Å². The van der Waals surface area contributed by atoms with Crippen LogP contribution in [0.1, 0.15) is 16.2 Å². The Morgan fingerprint density at radius 1 is 1.25 bits per heavy atom. The minimum absolute atomic E-state index is 0.169. The van der Waals surface area contributed by atoms with E-state index in [1.807, 2.05) is 18.2 Å². The minimum atomic E-state index is -0.169. The maximum atomic E-state index is 12.2. The van der Waals surface area contributed by atoms with Crippen molar-refractivity contribution >= 4 is 38.6 Å². The molecule has 0 fully saturated rings. The van der Waals surface area contributed by atoms with Gasteiger partial charge in [0.05, 0.1) is 5.56 Å². The van der Waals surface area contributed by atoms with Crippen LogP contribution in [0.25, 0.3) is 11.1 Å². The third kappa shape index (κ3) is 2.44. The van der Waals surface area contributed by atoms with Crippen molar-refractivity contribution in [3.05, 3.63) is 58.4 Å². The van der Waals surface area contributed by atoms with Crippen LogP contribution in [0, 0.1) is 6.92 Å². The molecule has 0 aliphatic carbocycles. The molecule has 2 aromatic carbocycles. The van der Waals surface area contributed by atoms with E-state index in [2.05, 4.69) is 26.2 Å². The number of anilines is 1. The summed E-state index contributed by atoms with van der Waals surface area (Å²) < 4.78 is 6.16. The van der Waals surface area contributed by atoms with Crippen LogP contribution in [0.2, 0.25) is 0 Å². The smallest absolute Gasteiger partial charge is 0.256 e. The normalized spacial score (nSPS) is 10.7. The number of halogens is 1. The molecule has 20 heavy (non-hydrogen) atoms. The van der Waals surface area contributed by atoms with Gasteiger partial charge in [-0.15, -0.1) is 0 Å². The second-order valence-electron chi connectivity index (χ2n) is 4.35. The lowest BCUT2D eigenvalue weighted by atomic mass is 10.2. The average molecular weight is 331 g/mol. The number of aryl methyl sites for hydroxylation is 1. The Labute approximate surface area is 123 Å². The van der Waals surface area contributed by atoms with Crippen LogP contribution in [0.5, 0.6) is 0 Å². The molecule has 0 spiro atoms. The molecular weight excluding hydrogens is 320 g/mol. The summed E-state index contributed by atoms with van der Waals surface area (Å²) in [6.07, 6.45) is 0. The zero-order valence-corrected chi connectivity index (χ0v) is 12.3. The number of nitrogens with zero attached hydrogens (tertiary/aromatic N) is 1. The first-order chi connectivity index (χ1) is 9.63. The molecular formula is C15H11BrN2O2. The molecule has 100 valence electrons. The summed E-state index contributed by atoms with van der Waals surface area (Å²) in [4.78, 5) is 16.4. The molecule has 0 radical (unpaired) electrons. The van der Waals surface area contributed by atoms with Gasteiger partial charge in [0.25, 0.3) is 5.91 Å². The Morgan fingerprint density at radius 3 is 2.85 bits per heavy atom. The SMILES string of the molecule is Cc1nc2cc(NC(=O)c3ccccc3Br)ccc2o1. The number of rotatable bonds is 2. The van der Waals surface area contributed by atoms with E-state index in [-0.39, 0.29) is 5.91 Å². The average Bonchev–Trinajstić information content (AvgIpc) is 2.78. The minimum Gasteiger partial charge on any atom is -0.441 e. The Balaban J connectivity index is 1.89. The second-order valence-corrected chi connectivity index (χ2v) is 5.20. The maximum Gasteiger partial charge on any atom is 0.256 e. The zero-order valence-electron chi connectivity index (χ0n) is 10.7. The highest BCUT2D eigenvalue weighted by Gasteiger charge is 2.10. The summed E-state index contributed by atoms with van der Waals surface area (Å²) in [5, 5.41) is 2.85. The third-order valence-electron chi connectivity index (χ3n) is 2.87. The molecule has 0 atom stereocenters. The van der Waals surface area contributed by atoms with E-state index in [0.717, 1.165) is 9.99 Å². The number of aromatic nitrogens is 1. The van der Waals surface area contributed by atoms with Crippen LogP contribution in [-0.4, -0.2) is 10.9 Å². The fraction of sp³-hybridized carbons (Fsp3) is 0.0667. The van der Waals surface area contributed by atoms with Crippen molar-refractivity contribution in [1.82, 2.24) is 4.98 Å². The molecule has 0 aliphatic heterocycles. The highest BCUT2D eigenvalue weighted by Crippen LogP contribution is 2.21. The quantitative estimate of drug-likeness (QED) is 0.767. The van der Waals surface area contributed by atoms with Gasteiger partial charge in [-0.1, -0.05) is 12.1 Å². The molecule has 1 amide bonds. The summed E-state index contributed by atoms with van der Waals surface area (Å²) >= 11 is 3.37. The number of hydrogen-bond donors (Lipinski definition) is 1. The molecule has 0 aliphatic rings. The van der Waals surface area contributed by atoms with Crippen molar-refractivity contribution in [2.45, 2.75) is 6.92 Å². The second kappa shape index (κ2) is 5.09. The first-order valence-corrected chi connectivity index (χ1v) is 6.86. The van der Waals surface area contributed by atoms with Crippen molar-refractivity contribution < 1.29 is 9.21 Å². The number of carbonyl (C=O) groups excluding carboxylic acids is 1. The number of nitrogens with one attached hydrogen (secondary N) is 1. The van der Waals surface area contributed by atoms with Crippen molar-refractivity contribution in [3.8, 4) is 0 Å². The number of hydrogen-bond acceptors (Lipinski definition) is 3. The van der Waals surface area contributed by atoms with E-state index in [9.17, 15) is 4.79 Å². The zero-order chi connectivity index (χ0) is 14.1. The van der Waals surface area contributed by atoms with Gasteiger partial charge in [0.1, 0.15) is 5.52 Å². The van der Waals surface area contributed by atoms with Crippen molar-refractivity contribution in [1.29, 1.82) is 0 Å². The van der Waals surface area contributed by atoms with E-state index in [1.54, 1.807) is 31.2 Å². The van der Waals surface area contributed by atoms with Gasteiger partial charge in [-0.3, -0.25) is 4.79 Å². The van der Waals surface area contributed by atoms with Crippen molar-refractivity contribution in [2.75, 3.05) is 5.32 Å². The van der Waals surface area contributed by atoms with Gasteiger partial charge in [0, 0.05) is 17.1 Å². The highest BCUT2D eigenvalue weighted by atomic mass is 79.9. The Bertz CT molecular complexity index is 795. The molecule has 3 aromatic rings. The fourth-order valence-corrected chi connectivity index (χ4v) is 2.43. The summed E-state index contributed by atoms with van der Waals surface area (Å²) in [5.41, 5.74) is 2.71. The van der Waals surface area contributed by atoms with Crippen molar-refractivity contribution in [3.63, 3.8) is 0 Å². The molecule has 4 nitrogen and oxygen atoms in total. The largest absolute Gasteiger partial charge is 0.441 e. The van der Waals surface area contributed by atoms with Gasteiger partial charge in [-0.05, 0) is 46.3 Å². The molecule has 1 aromatic heterocycles. The van der Waals surface area contributed by atoms with E-state index in [1.165, 1.54) is 0 Å². The van der Waals surface area contributed by atoms with E-state index < -0.39 is 0 Å². The standard InChI is InChI=1S/C15H11BrN2O2/c1-9-17-13-8-10(6-7-14(13)20-9)18-15(19)11-4-2-3-5-12(11)16/h2-8H,1H3,(H,18,19). The predicted molar refractivity (Wildman–Crippen MR) is 80.8 cm³/mol. The van der Waals surface area contributed by atoms with Gasteiger partial charge in [0.2, 0.25) is 0 Å². The first kappa shape index (κ1) is 12.9. The maximum absolute atomic E-state index is 12.2. The molecule has 1 heterocycles. The Hall–Kier alpha value is -2.14. The number of carbonyl (C=O) groups is 1. The molecule has 0 saturated carbocycles. The van der Waals surface area contributed by atoms with Crippen LogP contribution in [-0.2, 0) is 0 Å². The Kier molecular flexibility index (Phi) is 3.28. The van der Waals surface area contributed by atoms with Gasteiger partial charge in [-0.2, -0.15) is 0 Å². The molecule has 3 rings (SSSR count). The summed E-state index contributed by atoms with van der Waals surface area (Å²) in [6.45, 7) is 1.79. The van der Waals surface area contributed by atoms with Gasteiger partial charge in [-0.25, -0.2) is 4.98 Å². The molecule has 0 bridgehead atoms. The summed E-state index contributed by atoms with van der Waals surface area (Å²) in [6, 6.07) is 12.7. The summed E-state index contributed by atoms with van der Waals surface area (Å²) in [5.74, 6) is 0.436. The van der Waals surface area contributed by atoms with E-state index in [0.29, 0.717) is 22.7 Å². The van der Waals surface area contributed by atoms with Crippen LogP contribution in [0.3, 0.4) is 0 Å². The van der Waals surface area contributed by atoms with Gasteiger partial charge in [0.15, 0.2) is 11.5 Å². The Morgan fingerprint density at radius 2 is 2.05 bits per heavy atom. The van der Waals surface area contributed by atoms with Crippen LogP contribution in [0.15, 0.2) is 51.4 Å². The summed E-state index contributed by atoms with van der Waals surface area (Å²) in [7, 11) is 0. The highest BCUT2D eigenvalue weighted by molar-refractivity contribution is 9.10. The number of benzene rings is 2. The van der Waals surface area contributed by atoms with E-state index >= 15 is 0 Å². The van der Waals surface area contributed by atoms with Crippen LogP contribution in [0.4, 0.5) is 5.69 Å². The molecule has 0 saturated heterocycles. The van der Waals surface area contributed by atoms with Gasteiger partial charge < -0.3 is 9.73 Å². The van der Waals surface area contributed by atoms with Crippen molar-refractivity contribution in [2.24, 2.45) is 0 Å². The lowest BCUT2D eigenvalue weighted by Gasteiger charge is -2.06. The number of oxazole rings is 1. The molecule has 5 heteroatoms. The first-order valence-electron chi connectivity index (χ1n) is 6.06. The van der Waals surface area contributed by atoms with Crippen LogP contribution >= 0.6 is 15.9 Å². The number of fused-ring (bicyclic) bond motifs is 1. The molecule has 0 unspecified atom stereocenters. The lowest BCUT2D eigenvalue weighted by molar-refractivity contribution is 0.102. The third-order valence-corrected chi connectivity index (χ3v) is 3.56. The molecule has 1 N–H and O–H groups in total. The van der Waals surface area contributed by atoms with Gasteiger partial charge >= 0.3 is 0 Å².